The Labute approximate surface area is 147 Å². The Morgan fingerprint density at radius 2 is 1.08 bits per heavy atom. The molecule has 0 bridgehead atoms. The second-order valence-corrected chi connectivity index (χ2v) is 5.23. The van der Waals surface area contributed by atoms with Gasteiger partial charge in [0.2, 0.25) is 11.6 Å². The first kappa shape index (κ1) is 15.5. The number of rotatable bonds is 4. The van der Waals surface area contributed by atoms with Gasteiger partial charge >= 0.3 is 6.03 Å². The second kappa shape index (κ2) is 6.85. The zero-order valence-electron chi connectivity index (χ0n) is 13.3. The van der Waals surface area contributed by atoms with Crippen LogP contribution in [0.2, 0.25) is 0 Å². The molecule has 0 saturated carbocycles. The number of amides is 2. The largest absolute Gasteiger partial charge is 0.326 e. The van der Waals surface area contributed by atoms with E-state index in [2.05, 4.69) is 31.3 Å². The smallest absolute Gasteiger partial charge is 0.287 e. The number of carbonyl (C=O) groups excluding carboxylic acids is 1. The predicted molar refractivity (Wildman–Crippen MR) is 92.1 cm³/mol. The quantitative estimate of drug-likeness (QED) is 0.580. The number of aromatic nitrogens is 4. The molecular weight excluding hydrogens is 336 g/mol. The van der Waals surface area contributed by atoms with Gasteiger partial charge in [-0.3, -0.25) is 10.6 Å². The molecule has 0 aliphatic heterocycles. The van der Waals surface area contributed by atoms with Crippen LogP contribution in [0.4, 0.5) is 16.4 Å². The van der Waals surface area contributed by atoms with Crippen LogP contribution in [0, 0.1) is 0 Å². The summed E-state index contributed by atoms with van der Waals surface area (Å²) in [6.07, 6.45) is 0. The lowest BCUT2D eigenvalue weighted by Gasteiger charge is -2.04. The van der Waals surface area contributed by atoms with Crippen molar-refractivity contribution >= 4 is 17.7 Å². The van der Waals surface area contributed by atoms with E-state index in [1.807, 2.05) is 60.7 Å². The van der Waals surface area contributed by atoms with Gasteiger partial charge in [0.1, 0.15) is 0 Å². The highest BCUT2D eigenvalue weighted by atomic mass is 16.6. The molecule has 26 heavy (non-hydrogen) atoms. The standard InChI is InChI=1S/C17H12N6O3/c24-17(18-15-13(20-25-22-15)11-7-3-1-4-8-11)19-16-14(21-26-23-16)12-9-5-2-6-10-12/h1-10H,(H2,18,19,22,23,24). The molecular formula is C17H12N6O3. The summed E-state index contributed by atoms with van der Waals surface area (Å²) in [6, 6.07) is 17.9. The van der Waals surface area contributed by atoms with E-state index >= 15 is 0 Å². The first-order valence-corrected chi connectivity index (χ1v) is 7.65. The van der Waals surface area contributed by atoms with Crippen molar-refractivity contribution in [3.63, 3.8) is 0 Å². The summed E-state index contributed by atoms with van der Waals surface area (Å²) in [4.78, 5) is 12.3. The lowest BCUT2D eigenvalue weighted by molar-refractivity contribution is 0.261. The van der Waals surface area contributed by atoms with E-state index in [0.717, 1.165) is 11.1 Å². The molecule has 0 aliphatic rings. The fourth-order valence-electron chi connectivity index (χ4n) is 2.36. The molecule has 2 aromatic heterocycles. The zero-order chi connectivity index (χ0) is 17.8. The van der Waals surface area contributed by atoms with Crippen molar-refractivity contribution in [1.29, 1.82) is 0 Å². The van der Waals surface area contributed by atoms with E-state index in [0.29, 0.717) is 11.4 Å². The molecule has 0 unspecified atom stereocenters. The Kier molecular flexibility index (Phi) is 4.09. The molecule has 2 amide bonds. The molecule has 4 aromatic rings. The van der Waals surface area contributed by atoms with Crippen molar-refractivity contribution in [3.8, 4) is 22.5 Å². The van der Waals surface area contributed by atoms with E-state index in [9.17, 15) is 4.79 Å². The normalized spacial score (nSPS) is 10.5. The molecule has 0 atom stereocenters. The fourth-order valence-corrected chi connectivity index (χ4v) is 2.36. The molecule has 0 saturated heterocycles. The van der Waals surface area contributed by atoms with Crippen molar-refractivity contribution in [2.45, 2.75) is 0 Å². The van der Waals surface area contributed by atoms with Gasteiger partial charge in [-0.15, -0.1) is 0 Å². The van der Waals surface area contributed by atoms with E-state index < -0.39 is 6.03 Å². The van der Waals surface area contributed by atoms with Crippen LogP contribution in [0.15, 0.2) is 69.9 Å². The van der Waals surface area contributed by atoms with Crippen molar-refractivity contribution in [2.75, 3.05) is 10.6 Å². The number of carbonyl (C=O) groups is 1. The zero-order valence-corrected chi connectivity index (χ0v) is 13.3. The lowest BCUT2D eigenvalue weighted by Crippen LogP contribution is -2.20. The molecule has 0 fully saturated rings. The molecule has 9 nitrogen and oxygen atoms in total. The molecule has 128 valence electrons. The molecule has 4 rings (SSSR count). The number of nitrogens with one attached hydrogen (secondary N) is 2. The summed E-state index contributed by atoms with van der Waals surface area (Å²) in [5, 5.41) is 20.3. The Bertz CT molecular complexity index is 931. The van der Waals surface area contributed by atoms with Crippen LogP contribution in [0.1, 0.15) is 0 Å². The topological polar surface area (TPSA) is 119 Å². The van der Waals surface area contributed by atoms with Gasteiger partial charge in [-0.2, -0.15) is 0 Å². The summed E-state index contributed by atoms with van der Waals surface area (Å²) in [5.74, 6) is 0.373. The first-order chi connectivity index (χ1) is 12.8. The van der Waals surface area contributed by atoms with Gasteiger partial charge < -0.3 is 0 Å². The van der Waals surface area contributed by atoms with Crippen LogP contribution >= 0.6 is 0 Å². The predicted octanol–water partition coefficient (Wildman–Crippen LogP) is 3.43. The third-order valence-corrected chi connectivity index (χ3v) is 3.54. The van der Waals surface area contributed by atoms with Crippen molar-refractivity contribution in [2.24, 2.45) is 0 Å². The van der Waals surface area contributed by atoms with E-state index in [1.165, 1.54) is 0 Å². The molecule has 2 N–H and O–H groups in total. The molecule has 0 spiro atoms. The molecule has 9 heteroatoms. The second-order valence-electron chi connectivity index (χ2n) is 5.23. The number of hydrogen-bond donors (Lipinski definition) is 2. The van der Waals surface area contributed by atoms with Crippen molar-refractivity contribution in [3.05, 3.63) is 60.7 Å². The first-order valence-electron chi connectivity index (χ1n) is 7.65. The van der Waals surface area contributed by atoms with E-state index in [4.69, 9.17) is 9.26 Å². The number of nitrogens with zero attached hydrogens (tertiary/aromatic N) is 4. The van der Waals surface area contributed by atoms with Gasteiger partial charge in [0.25, 0.3) is 0 Å². The summed E-state index contributed by atoms with van der Waals surface area (Å²) < 4.78 is 9.48. The average Bonchev–Trinajstić information content (AvgIpc) is 3.32. The maximum atomic E-state index is 12.3. The molecule has 2 heterocycles. The van der Waals surface area contributed by atoms with Gasteiger partial charge in [0.15, 0.2) is 11.4 Å². The monoisotopic (exact) mass is 348 g/mol. The third-order valence-electron chi connectivity index (χ3n) is 3.54. The third kappa shape index (κ3) is 3.13. The maximum absolute atomic E-state index is 12.3. The number of anilines is 2. The van der Waals surface area contributed by atoms with Crippen molar-refractivity contribution < 1.29 is 14.1 Å². The Morgan fingerprint density at radius 3 is 1.50 bits per heavy atom. The summed E-state index contributed by atoms with van der Waals surface area (Å²) in [7, 11) is 0. The highest BCUT2D eigenvalue weighted by Crippen LogP contribution is 2.26. The molecule has 2 aromatic carbocycles. The fraction of sp³-hybridized carbons (Fsp3) is 0. The number of hydrogen-bond acceptors (Lipinski definition) is 7. The van der Waals surface area contributed by atoms with Crippen molar-refractivity contribution in [1.82, 2.24) is 20.6 Å². The van der Waals surface area contributed by atoms with Crippen LogP contribution < -0.4 is 10.6 Å². The van der Waals surface area contributed by atoms with Crippen LogP contribution in [0.25, 0.3) is 22.5 Å². The minimum absolute atomic E-state index is 0.186. The van der Waals surface area contributed by atoms with Gasteiger partial charge in [0, 0.05) is 11.1 Å². The average molecular weight is 348 g/mol. The summed E-state index contributed by atoms with van der Waals surface area (Å²) >= 11 is 0. The highest BCUT2D eigenvalue weighted by Gasteiger charge is 2.18. The summed E-state index contributed by atoms with van der Waals surface area (Å²) in [5.41, 5.74) is 2.36. The van der Waals surface area contributed by atoms with E-state index in [-0.39, 0.29) is 11.6 Å². The lowest BCUT2D eigenvalue weighted by atomic mass is 10.1. The highest BCUT2D eigenvalue weighted by molar-refractivity contribution is 6.01. The Morgan fingerprint density at radius 1 is 0.654 bits per heavy atom. The maximum Gasteiger partial charge on any atom is 0.326 e. The minimum Gasteiger partial charge on any atom is -0.287 e. The van der Waals surface area contributed by atoms with Crippen LogP contribution in [-0.2, 0) is 0 Å². The molecule has 0 aliphatic carbocycles. The van der Waals surface area contributed by atoms with Crippen LogP contribution in [0.3, 0.4) is 0 Å². The summed E-state index contributed by atoms with van der Waals surface area (Å²) in [6.45, 7) is 0. The number of urea groups is 1. The van der Waals surface area contributed by atoms with Gasteiger partial charge in [-0.1, -0.05) is 60.7 Å². The van der Waals surface area contributed by atoms with Gasteiger partial charge in [-0.05, 0) is 20.6 Å². The Balaban J connectivity index is 1.52. The van der Waals surface area contributed by atoms with Crippen LogP contribution in [-0.4, -0.2) is 26.7 Å². The Hall–Kier alpha value is -4.01. The minimum atomic E-state index is -0.578. The van der Waals surface area contributed by atoms with E-state index in [1.54, 1.807) is 0 Å². The van der Waals surface area contributed by atoms with Crippen LogP contribution in [0.5, 0.6) is 0 Å². The molecule has 0 radical (unpaired) electrons. The number of benzene rings is 2. The van der Waals surface area contributed by atoms with Gasteiger partial charge in [0.05, 0.1) is 0 Å². The SMILES string of the molecule is O=C(Nc1nonc1-c1ccccc1)Nc1nonc1-c1ccccc1. The van der Waals surface area contributed by atoms with Gasteiger partial charge in [-0.25, -0.2) is 14.1 Å².